The summed E-state index contributed by atoms with van der Waals surface area (Å²) in [6.45, 7) is 3.91. The third kappa shape index (κ3) is 3.97. The summed E-state index contributed by atoms with van der Waals surface area (Å²) in [5.74, 6) is 0. The standard InChI is InChI=1S/C18H18N4OS/c1-12-11-24-17(20-12)15-3-5-16(6-4-15)22-18(23)21-13(2)14-7-9-19-10-8-14/h3-11,13H,1-2H3,(H2,21,22,23)/t13-/m0/s1. The molecule has 2 aromatic heterocycles. The van der Waals surface area contributed by atoms with Crippen molar-refractivity contribution in [2.24, 2.45) is 0 Å². The second kappa shape index (κ2) is 7.23. The minimum absolute atomic E-state index is 0.0921. The molecule has 2 heterocycles. The third-order valence-corrected chi connectivity index (χ3v) is 4.57. The molecule has 0 spiro atoms. The van der Waals surface area contributed by atoms with Crippen LogP contribution < -0.4 is 10.6 Å². The summed E-state index contributed by atoms with van der Waals surface area (Å²) in [6.07, 6.45) is 3.43. The van der Waals surface area contributed by atoms with Gasteiger partial charge in [0.2, 0.25) is 0 Å². The maximum atomic E-state index is 12.1. The lowest BCUT2D eigenvalue weighted by Crippen LogP contribution is -2.31. The SMILES string of the molecule is Cc1csc(-c2ccc(NC(=O)N[C@@H](C)c3ccncc3)cc2)n1. The Hall–Kier alpha value is -2.73. The molecule has 0 saturated carbocycles. The Morgan fingerprint density at radius 2 is 1.83 bits per heavy atom. The number of pyridine rings is 1. The zero-order valence-corrected chi connectivity index (χ0v) is 14.3. The van der Waals surface area contributed by atoms with E-state index >= 15 is 0 Å². The Balaban J connectivity index is 1.60. The minimum atomic E-state index is -0.239. The van der Waals surface area contributed by atoms with Crippen molar-refractivity contribution in [2.75, 3.05) is 5.32 Å². The van der Waals surface area contributed by atoms with E-state index in [-0.39, 0.29) is 12.1 Å². The van der Waals surface area contributed by atoms with Crippen molar-refractivity contribution >= 4 is 23.1 Å². The van der Waals surface area contributed by atoms with Gasteiger partial charge in [-0.15, -0.1) is 11.3 Å². The van der Waals surface area contributed by atoms with E-state index in [9.17, 15) is 4.79 Å². The predicted molar refractivity (Wildman–Crippen MR) is 97.1 cm³/mol. The summed E-state index contributed by atoms with van der Waals surface area (Å²) < 4.78 is 0. The molecular formula is C18H18N4OS. The van der Waals surface area contributed by atoms with E-state index in [1.807, 2.05) is 55.6 Å². The second-order valence-electron chi connectivity index (χ2n) is 5.47. The number of hydrogen-bond donors (Lipinski definition) is 2. The number of carbonyl (C=O) groups is 1. The van der Waals surface area contributed by atoms with Crippen molar-refractivity contribution in [1.82, 2.24) is 15.3 Å². The van der Waals surface area contributed by atoms with Crippen LogP contribution in [0.4, 0.5) is 10.5 Å². The lowest BCUT2D eigenvalue weighted by Gasteiger charge is -2.15. The molecule has 5 nitrogen and oxygen atoms in total. The van der Waals surface area contributed by atoms with Gasteiger partial charge < -0.3 is 10.6 Å². The molecule has 0 aliphatic carbocycles. The average molecular weight is 338 g/mol. The van der Waals surface area contributed by atoms with Crippen LogP contribution in [0.2, 0.25) is 0 Å². The Morgan fingerprint density at radius 3 is 2.46 bits per heavy atom. The molecule has 2 amide bonds. The van der Waals surface area contributed by atoms with Crippen molar-refractivity contribution in [3.8, 4) is 10.6 Å². The van der Waals surface area contributed by atoms with Crippen LogP contribution in [0.1, 0.15) is 24.2 Å². The fourth-order valence-electron chi connectivity index (χ4n) is 2.28. The highest BCUT2D eigenvalue weighted by atomic mass is 32.1. The fourth-order valence-corrected chi connectivity index (χ4v) is 3.09. The Kier molecular flexibility index (Phi) is 4.86. The number of anilines is 1. The molecule has 2 N–H and O–H groups in total. The molecule has 0 aliphatic rings. The molecule has 3 rings (SSSR count). The molecule has 1 aromatic carbocycles. The van der Waals surface area contributed by atoms with Gasteiger partial charge in [-0.1, -0.05) is 0 Å². The van der Waals surface area contributed by atoms with Gasteiger partial charge >= 0.3 is 6.03 Å². The van der Waals surface area contributed by atoms with E-state index in [4.69, 9.17) is 0 Å². The highest BCUT2D eigenvalue weighted by molar-refractivity contribution is 7.13. The van der Waals surface area contributed by atoms with Gasteiger partial charge in [-0.05, 0) is 55.8 Å². The first-order chi connectivity index (χ1) is 11.6. The number of aromatic nitrogens is 2. The molecule has 6 heteroatoms. The quantitative estimate of drug-likeness (QED) is 0.741. The first-order valence-corrected chi connectivity index (χ1v) is 8.50. The zero-order chi connectivity index (χ0) is 16.9. The van der Waals surface area contributed by atoms with Gasteiger partial charge in [0.15, 0.2) is 0 Å². The number of carbonyl (C=O) groups excluding carboxylic acids is 1. The topological polar surface area (TPSA) is 66.9 Å². The van der Waals surface area contributed by atoms with E-state index < -0.39 is 0 Å². The average Bonchev–Trinajstić information content (AvgIpc) is 3.02. The van der Waals surface area contributed by atoms with E-state index in [1.54, 1.807) is 23.7 Å². The maximum Gasteiger partial charge on any atom is 0.319 e. The Morgan fingerprint density at radius 1 is 1.12 bits per heavy atom. The van der Waals surface area contributed by atoms with Crippen molar-refractivity contribution in [2.45, 2.75) is 19.9 Å². The van der Waals surface area contributed by atoms with Crippen LogP contribution in [-0.4, -0.2) is 16.0 Å². The second-order valence-corrected chi connectivity index (χ2v) is 6.33. The van der Waals surface area contributed by atoms with Crippen LogP contribution in [0.15, 0.2) is 54.2 Å². The molecule has 122 valence electrons. The van der Waals surface area contributed by atoms with Crippen LogP contribution in [0.25, 0.3) is 10.6 Å². The lowest BCUT2D eigenvalue weighted by molar-refractivity contribution is 0.249. The van der Waals surface area contributed by atoms with Gasteiger partial charge in [-0.3, -0.25) is 4.98 Å². The molecule has 0 radical (unpaired) electrons. The van der Waals surface area contributed by atoms with Crippen molar-refractivity contribution < 1.29 is 4.79 Å². The van der Waals surface area contributed by atoms with Crippen molar-refractivity contribution in [3.05, 3.63) is 65.4 Å². The van der Waals surface area contributed by atoms with E-state index in [0.29, 0.717) is 0 Å². The molecule has 0 unspecified atom stereocenters. The Bertz CT molecular complexity index is 815. The molecule has 1 atom stereocenters. The summed E-state index contributed by atoms with van der Waals surface area (Å²) in [6, 6.07) is 11.1. The van der Waals surface area contributed by atoms with Crippen LogP contribution in [-0.2, 0) is 0 Å². The molecule has 0 bridgehead atoms. The molecular weight excluding hydrogens is 320 g/mol. The summed E-state index contributed by atoms with van der Waals surface area (Å²) in [4.78, 5) is 20.5. The predicted octanol–water partition coefficient (Wildman–Crippen LogP) is 4.40. The van der Waals surface area contributed by atoms with E-state index in [1.165, 1.54) is 0 Å². The first kappa shape index (κ1) is 16.1. The van der Waals surface area contributed by atoms with Crippen molar-refractivity contribution in [3.63, 3.8) is 0 Å². The number of urea groups is 1. The highest BCUT2D eigenvalue weighted by Gasteiger charge is 2.09. The maximum absolute atomic E-state index is 12.1. The number of thiazole rings is 1. The minimum Gasteiger partial charge on any atom is -0.331 e. The zero-order valence-electron chi connectivity index (χ0n) is 13.5. The van der Waals surface area contributed by atoms with E-state index in [2.05, 4.69) is 20.6 Å². The third-order valence-electron chi connectivity index (χ3n) is 3.56. The van der Waals surface area contributed by atoms with Crippen LogP contribution in [0.5, 0.6) is 0 Å². The van der Waals surface area contributed by atoms with Crippen LogP contribution in [0, 0.1) is 6.92 Å². The highest BCUT2D eigenvalue weighted by Crippen LogP contribution is 2.24. The molecule has 0 saturated heterocycles. The van der Waals surface area contributed by atoms with Crippen LogP contribution >= 0.6 is 11.3 Å². The van der Waals surface area contributed by atoms with Gasteiger partial charge in [0.25, 0.3) is 0 Å². The van der Waals surface area contributed by atoms with Crippen LogP contribution in [0.3, 0.4) is 0 Å². The Labute approximate surface area is 144 Å². The number of aryl methyl sites for hydroxylation is 1. The van der Waals surface area contributed by atoms with Gasteiger partial charge in [-0.25, -0.2) is 9.78 Å². The molecule has 24 heavy (non-hydrogen) atoms. The molecule has 0 fully saturated rings. The summed E-state index contributed by atoms with van der Waals surface area (Å²) in [7, 11) is 0. The van der Waals surface area contributed by atoms with Gasteiger partial charge in [0, 0.05) is 34.7 Å². The number of amides is 2. The summed E-state index contributed by atoms with van der Waals surface area (Å²) in [5, 5.41) is 8.75. The monoisotopic (exact) mass is 338 g/mol. The largest absolute Gasteiger partial charge is 0.331 e. The van der Waals surface area contributed by atoms with Gasteiger partial charge in [0.05, 0.1) is 6.04 Å². The van der Waals surface area contributed by atoms with E-state index in [0.717, 1.165) is 27.5 Å². The number of rotatable bonds is 4. The summed E-state index contributed by atoms with van der Waals surface area (Å²) >= 11 is 1.61. The normalized spacial score (nSPS) is 11.8. The molecule has 0 aliphatic heterocycles. The van der Waals surface area contributed by atoms with Crippen molar-refractivity contribution in [1.29, 1.82) is 0 Å². The van der Waals surface area contributed by atoms with Gasteiger partial charge in [0.1, 0.15) is 5.01 Å². The lowest BCUT2D eigenvalue weighted by atomic mass is 10.1. The number of nitrogens with one attached hydrogen (secondary N) is 2. The number of hydrogen-bond acceptors (Lipinski definition) is 4. The molecule has 3 aromatic rings. The van der Waals surface area contributed by atoms with Gasteiger partial charge in [-0.2, -0.15) is 0 Å². The number of benzene rings is 1. The fraction of sp³-hybridized carbons (Fsp3) is 0.167. The first-order valence-electron chi connectivity index (χ1n) is 7.62. The smallest absolute Gasteiger partial charge is 0.319 e. The number of nitrogens with zero attached hydrogens (tertiary/aromatic N) is 2. The summed E-state index contributed by atoms with van der Waals surface area (Å²) in [5.41, 5.74) is 3.81.